The summed E-state index contributed by atoms with van der Waals surface area (Å²) >= 11 is 0. The number of piperidine rings is 1. The Bertz CT molecular complexity index is 473. The number of ether oxygens (including phenoxy) is 2. The van der Waals surface area contributed by atoms with Crippen LogP contribution in [0.2, 0.25) is 0 Å². The van der Waals surface area contributed by atoms with Crippen molar-refractivity contribution in [3.05, 3.63) is 23.8 Å². The minimum Gasteiger partial charge on any atom is -0.508 e. The second kappa shape index (κ2) is 6.64. The summed E-state index contributed by atoms with van der Waals surface area (Å²) in [6.45, 7) is 4.21. The molecule has 2 aliphatic heterocycles. The average Bonchev–Trinajstić information content (AvgIpc) is 2.91. The summed E-state index contributed by atoms with van der Waals surface area (Å²) in [5, 5.41) is 9.51. The van der Waals surface area contributed by atoms with Gasteiger partial charge in [0.05, 0.1) is 12.1 Å². The molecule has 0 radical (unpaired) electrons. The Balaban J connectivity index is 1.54. The molecule has 0 bridgehead atoms. The molecule has 0 aromatic heterocycles. The van der Waals surface area contributed by atoms with Gasteiger partial charge in [0, 0.05) is 31.3 Å². The molecule has 0 aliphatic carbocycles. The highest BCUT2D eigenvalue weighted by atomic mass is 16.5. The molecule has 0 amide bonds. The fourth-order valence-electron chi connectivity index (χ4n) is 3.17. The van der Waals surface area contributed by atoms with Crippen molar-refractivity contribution in [1.29, 1.82) is 0 Å². The summed E-state index contributed by atoms with van der Waals surface area (Å²) in [6.07, 6.45) is 3.44. The molecule has 2 aliphatic rings. The van der Waals surface area contributed by atoms with Crippen LogP contribution in [0, 0.1) is 0 Å². The van der Waals surface area contributed by atoms with Crippen LogP contribution in [0.5, 0.6) is 11.5 Å². The lowest BCUT2D eigenvalue weighted by Gasteiger charge is -2.35. The Kier molecular flexibility index (Phi) is 4.63. The number of benzene rings is 1. The van der Waals surface area contributed by atoms with E-state index in [4.69, 9.17) is 15.2 Å². The first-order valence-electron chi connectivity index (χ1n) is 7.79. The Labute approximate surface area is 125 Å². The lowest BCUT2D eigenvalue weighted by molar-refractivity contribution is -0.00439. The maximum absolute atomic E-state index is 9.51. The van der Waals surface area contributed by atoms with Gasteiger partial charge in [0.1, 0.15) is 18.1 Å². The summed E-state index contributed by atoms with van der Waals surface area (Å²) < 4.78 is 11.6. The monoisotopic (exact) mass is 292 g/mol. The molecule has 1 aromatic carbocycles. The number of fused-ring (bicyclic) bond motifs is 1. The lowest BCUT2D eigenvalue weighted by Crippen LogP contribution is -2.40. The van der Waals surface area contributed by atoms with Gasteiger partial charge in [0.2, 0.25) is 0 Å². The Morgan fingerprint density at radius 1 is 1.33 bits per heavy atom. The van der Waals surface area contributed by atoms with Crippen LogP contribution in [0.3, 0.4) is 0 Å². The molecule has 1 atom stereocenters. The first-order chi connectivity index (χ1) is 10.3. The standard InChI is InChI=1S/C16H24N2O3/c17-6-1-9-20-13-4-7-18(8-5-13)15-11-21-16-10-12(19)2-3-14(15)16/h2-3,10,13,15,19H,1,4-9,11,17H2. The number of nitrogens with two attached hydrogens (primary N) is 1. The normalized spacial score (nSPS) is 23.0. The lowest BCUT2D eigenvalue weighted by atomic mass is 10.0. The highest BCUT2D eigenvalue weighted by Crippen LogP contribution is 2.39. The van der Waals surface area contributed by atoms with E-state index in [1.807, 2.05) is 6.07 Å². The zero-order chi connectivity index (χ0) is 14.7. The summed E-state index contributed by atoms with van der Waals surface area (Å²) in [6, 6.07) is 5.73. The molecule has 1 saturated heterocycles. The molecule has 0 saturated carbocycles. The minimum atomic E-state index is 0.265. The zero-order valence-electron chi connectivity index (χ0n) is 12.3. The molecular formula is C16H24N2O3. The topological polar surface area (TPSA) is 68.0 Å². The van der Waals surface area contributed by atoms with Crippen molar-refractivity contribution in [2.45, 2.75) is 31.4 Å². The van der Waals surface area contributed by atoms with Crippen molar-refractivity contribution in [2.24, 2.45) is 5.73 Å². The third kappa shape index (κ3) is 3.31. The molecule has 0 spiro atoms. The molecular weight excluding hydrogens is 268 g/mol. The van der Waals surface area contributed by atoms with Crippen molar-refractivity contribution < 1.29 is 14.6 Å². The largest absolute Gasteiger partial charge is 0.508 e. The van der Waals surface area contributed by atoms with Crippen molar-refractivity contribution in [2.75, 3.05) is 32.8 Å². The van der Waals surface area contributed by atoms with E-state index in [1.54, 1.807) is 12.1 Å². The van der Waals surface area contributed by atoms with Gasteiger partial charge in [-0.05, 0) is 37.9 Å². The summed E-state index contributed by atoms with van der Waals surface area (Å²) in [5.74, 6) is 1.09. The van der Waals surface area contributed by atoms with E-state index in [-0.39, 0.29) is 5.75 Å². The number of phenolic OH excluding ortho intramolecular Hbond substituents is 1. The molecule has 5 nitrogen and oxygen atoms in total. The number of nitrogens with zero attached hydrogens (tertiary/aromatic N) is 1. The van der Waals surface area contributed by atoms with Gasteiger partial charge in [0.25, 0.3) is 0 Å². The number of phenols is 1. The van der Waals surface area contributed by atoms with Crippen LogP contribution in [0.4, 0.5) is 0 Å². The third-order valence-electron chi connectivity index (χ3n) is 4.37. The third-order valence-corrected chi connectivity index (χ3v) is 4.37. The van der Waals surface area contributed by atoms with Gasteiger partial charge in [-0.1, -0.05) is 0 Å². The van der Waals surface area contributed by atoms with Crippen LogP contribution < -0.4 is 10.5 Å². The van der Waals surface area contributed by atoms with Crippen LogP contribution in [-0.4, -0.2) is 49.0 Å². The first-order valence-corrected chi connectivity index (χ1v) is 7.79. The SMILES string of the molecule is NCCCOC1CCN(C2COc3cc(O)ccc32)CC1. The van der Waals surface area contributed by atoms with E-state index >= 15 is 0 Å². The van der Waals surface area contributed by atoms with Crippen molar-refractivity contribution >= 4 is 0 Å². The molecule has 1 fully saturated rings. The highest BCUT2D eigenvalue weighted by Gasteiger charge is 2.32. The van der Waals surface area contributed by atoms with Gasteiger partial charge in [-0.3, -0.25) is 4.90 Å². The number of hydrogen-bond donors (Lipinski definition) is 2. The van der Waals surface area contributed by atoms with Crippen LogP contribution >= 0.6 is 0 Å². The predicted octanol–water partition coefficient (Wildman–Crippen LogP) is 1.66. The molecule has 1 aromatic rings. The van der Waals surface area contributed by atoms with Crippen molar-refractivity contribution in [3.8, 4) is 11.5 Å². The Morgan fingerprint density at radius 2 is 2.14 bits per heavy atom. The molecule has 2 heterocycles. The van der Waals surface area contributed by atoms with Crippen LogP contribution in [0.15, 0.2) is 18.2 Å². The van der Waals surface area contributed by atoms with E-state index in [2.05, 4.69) is 4.90 Å². The number of aromatic hydroxyl groups is 1. The molecule has 5 heteroatoms. The minimum absolute atomic E-state index is 0.265. The van der Waals surface area contributed by atoms with E-state index in [0.717, 1.165) is 44.7 Å². The quantitative estimate of drug-likeness (QED) is 0.808. The average molecular weight is 292 g/mol. The van der Waals surface area contributed by atoms with Crippen LogP contribution in [0.1, 0.15) is 30.9 Å². The summed E-state index contributed by atoms with van der Waals surface area (Å²) in [5.41, 5.74) is 6.67. The second-order valence-electron chi connectivity index (χ2n) is 5.80. The number of hydrogen-bond acceptors (Lipinski definition) is 5. The van der Waals surface area contributed by atoms with Gasteiger partial charge in [-0.2, -0.15) is 0 Å². The van der Waals surface area contributed by atoms with E-state index < -0.39 is 0 Å². The molecule has 3 rings (SSSR count). The van der Waals surface area contributed by atoms with E-state index in [1.165, 1.54) is 5.56 Å². The van der Waals surface area contributed by atoms with Crippen molar-refractivity contribution in [1.82, 2.24) is 4.90 Å². The number of likely N-dealkylation sites (tertiary alicyclic amines) is 1. The van der Waals surface area contributed by atoms with E-state index in [9.17, 15) is 5.11 Å². The van der Waals surface area contributed by atoms with Gasteiger partial charge < -0.3 is 20.3 Å². The number of rotatable bonds is 5. The van der Waals surface area contributed by atoms with Gasteiger partial charge >= 0.3 is 0 Å². The summed E-state index contributed by atoms with van der Waals surface area (Å²) in [4.78, 5) is 2.46. The molecule has 1 unspecified atom stereocenters. The predicted molar refractivity (Wildman–Crippen MR) is 80.6 cm³/mol. The molecule has 21 heavy (non-hydrogen) atoms. The van der Waals surface area contributed by atoms with Crippen molar-refractivity contribution in [3.63, 3.8) is 0 Å². The van der Waals surface area contributed by atoms with Gasteiger partial charge in [-0.15, -0.1) is 0 Å². The maximum Gasteiger partial charge on any atom is 0.127 e. The Hall–Kier alpha value is -1.30. The highest BCUT2D eigenvalue weighted by molar-refractivity contribution is 5.44. The van der Waals surface area contributed by atoms with Crippen LogP contribution in [0.25, 0.3) is 0 Å². The van der Waals surface area contributed by atoms with Crippen LogP contribution in [-0.2, 0) is 4.74 Å². The first kappa shape index (κ1) is 14.6. The smallest absolute Gasteiger partial charge is 0.127 e. The molecule has 116 valence electrons. The second-order valence-corrected chi connectivity index (χ2v) is 5.80. The van der Waals surface area contributed by atoms with Gasteiger partial charge in [-0.25, -0.2) is 0 Å². The fraction of sp³-hybridized carbons (Fsp3) is 0.625. The maximum atomic E-state index is 9.51. The summed E-state index contributed by atoms with van der Waals surface area (Å²) in [7, 11) is 0. The molecule has 3 N–H and O–H groups in total. The zero-order valence-corrected chi connectivity index (χ0v) is 12.3. The Morgan fingerprint density at radius 3 is 2.90 bits per heavy atom. The van der Waals surface area contributed by atoms with E-state index in [0.29, 0.717) is 25.3 Å². The fourth-order valence-corrected chi connectivity index (χ4v) is 3.17. The van der Waals surface area contributed by atoms with Gasteiger partial charge in [0.15, 0.2) is 0 Å².